The average Bonchev–Trinajstić information content (AvgIpc) is 2.40. The lowest BCUT2D eigenvalue weighted by atomic mass is 10.3. The molecule has 0 aliphatic carbocycles. The van der Waals surface area contributed by atoms with Gasteiger partial charge < -0.3 is 19.6 Å². The predicted molar refractivity (Wildman–Crippen MR) is 74.2 cm³/mol. The molecule has 20 heavy (non-hydrogen) atoms. The first-order valence-corrected chi connectivity index (χ1v) is 6.95. The molecule has 0 radical (unpaired) electrons. The number of aromatic nitrogens is 2. The Balaban J connectivity index is 2.56. The molecule has 1 aromatic rings. The Bertz CT molecular complexity index is 491. The highest BCUT2D eigenvalue weighted by Crippen LogP contribution is 2.25. The standard InChI is InChI=1S/C12H18N2O5S/c1-8-7-13-12(17)14-10(8)20-9(11(15)16)3-4-19-6-5-18-2/h7,9H,3-6H2,1-2H3,(H,15,16)(H,13,14,17). The molecule has 0 bridgehead atoms. The molecule has 0 aromatic carbocycles. The molecule has 7 nitrogen and oxygen atoms in total. The van der Waals surface area contributed by atoms with E-state index < -0.39 is 16.9 Å². The van der Waals surface area contributed by atoms with Gasteiger partial charge in [-0.1, -0.05) is 11.8 Å². The van der Waals surface area contributed by atoms with Crippen LogP contribution in [0.25, 0.3) is 0 Å². The number of carboxylic acid groups (broad SMARTS) is 1. The number of carbonyl (C=O) groups is 1. The van der Waals surface area contributed by atoms with Crippen LogP contribution in [0.1, 0.15) is 12.0 Å². The molecule has 112 valence electrons. The number of hydrogen-bond acceptors (Lipinski definition) is 6. The third kappa shape index (κ3) is 5.72. The van der Waals surface area contributed by atoms with Gasteiger partial charge in [0.05, 0.1) is 13.2 Å². The zero-order chi connectivity index (χ0) is 15.0. The van der Waals surface area contributed by atoms with E-state index in [1.54, 1.807) is 14.0 Å². The second kappa shape index (κ2) is 8.72. The molecule has 1 atom stereocenters. The summed E-state index contributed by atoms with van der Waals surface area (Å²) in [5.74, 6) is -0.952. The van der Waals surface area contributed by atoms with Crippen molar-refractivity contribution in [1.82, 2.24) is 9.97 Å². The van der Waals surface area contributed by atoms with Crippen molar-refractivity contribution in [2.75, 3.05) is 26.9 Å². The van der Waals surface area contributed by atoms with Gasteiger partial charge in [-0.15, -0.1) is 0 Å². The topological polar surface area (TPSA) is 102 Å². The smallest absolute Gasteiger partial charge is 0.345 e. The van der Waals surface area contributed by atoms with Gasteiger partial charge in [-0.05, 0) is 18.9 Å². The maximum atomic E-state index is 11.2. The molecule has 1 aromatic heterocycles. The van der Waals surface area contributed by atoms with Gasteiger partial charge in [0.25, 0.3) is 0 Å². The number of carboxylic acids is 1. The molecule has 8 heteroatoms. The van der Waals surface area contributed by atoms with E-state index in [1.165, 1.54) is 6.20 Å². The van der Waals surface area contributed by atoms with E-state index in [0.29, 0.717) is 31.3 Å². The van der Waals surface area contributed by atoms with Crippen LogP contribution in [0.5, 0.6) is 0 Å². The summed E-state index contributed by atoms with van der Waals surface area (Å²) in [5, 5.41) is 8.91. The van der Waals surface area contributed by atoms with Crippen LogP contribution in [-0.4, -0.2) is 53.2 Å². The molecule has 0 saturated carbocycles. The Morgan fingerprint density at radius 3 is 2.90 bits per heavy atom. The van der Waals surface area contributed by atoms with E-state index in [0.717, 1.165) is 17.3 Å². The summed E-state index contributed by atoms with van der Waals surface area (Å²) in [7, 11) is 1.57. The molecule has 0 amide bonds. The minimum Gasteiger partial charge on any atom is -0.480 e. The molecule has 1 rings (SSSR count). The van der Waals surface area contributed by atoms with Crippen LogP contribution < -0.4 is 5.69 Å². The summed E-state index contributed by atoms with van der Waals surface area (Å²) < 4.78 is 10.1. The maximum Gasteiger partial charge on any atom is 0.345 e. The third-order valence-electron chi connectivity index (χ3n) is 2.44. The molecule has 1 heterocycles. The van der Waals surface area contributed by atoms with Crippen LogP contribution in [0.4, 0.5) is 0 Å². The summed E-state index contributed by atoms with van der Waals surface area (Å²) >= 11 is 1.06. The zero-order valence-corrected chi connectivity index (χ0v) is 12.2. The Morgan fingerprint density at radius 2 is 2.25 bits per heavy atom. The summed E-state index contributed by atoms with van der Waals surface area (Å²) in [4.78, 5) is 28.6. The Labute approximate surface area is 120 Å². The minimum absolute atomic E-state index is 0.315. The van der Waals surface area contributed by atoms with Crippen molar-refractivity contribution < 1.29 is 19.4 Å². The minimum atomic E-state index is -0.952. The Morgan fingerprint density at radius 1 is 1.50 bits per heavy atom. The quantitative estimate of drug-likeness (QED) is 0.393. The van der Waals surface area contributed by atoms with Gasteiger partial charge in [0.2, 0.25) is 0 Å². The van der Waals surface area contributed by atoms with Crippen LogP contribution in [0.3, 0.4) is 0 Å². The van der Waals surface area contributed by atoms with E-state index >= 15 is 0 Å². The fourth-order valence-electron chi connectivity index (χ4n) is 1.37. The molecule has 0 spiro atoms. The van der Waals surface area contributed by atoms with Gasteiger partial charge in [0.1, 0.15) is 10.3 Å². The number of aliphatic carboxylic acids is 1. The molecular formula is C12H18N2O5S. The number of nitrogens with zero attached hydrogens (tertiary/aromatic N) is 1. The van der Waals surface area contributed by atoms with Gasteiger partial charge in [-0.2, -0.15) is 4.98 Å². The first-order valence-electron chi connectivity index (χ1n) is 6.07. The third-order valence-corrected chi connectivity index (χ3v) is 3.80. The Kier molecular flexibility index (Phi) is 7.27. The van der Waals surface area contributed by atoms with Gasteiger partial charge in [0.15, 0.2) is 0 Å². The lowest BCUT2D eigenvalue weighted by Crippen LogP contribution is -2.21. The molecule has 2 N–H and O–H groups in total. The first-order chi connectivity index (χ1) is 9.54. The van der Waals surface area contributed by atoms with Gasteiger partial charge >= 0.3 is 11.7 Å². The molecule has 0 fully saturated rings. The fourth-order valence-corrected chi connectivity index (χ4v) is 2.33. The van der Waals surface area contributed by atoms with E-state index in [1.807, 2.05) is 0 Å². The van der Waals surface area contributed by atoms with Crippen molar-refractivity contribution in [3.05, 3.63) is 22.2 Å². The van der Waals surface area contributed by atoms with E-state index in [2.05, 4.69) is 9.97 Å². The number of thioether (sulfide) groups is 1. The van der Waals surface area contributed by atoms with E-state index in [4.69, 9.17) is 9.47 Å². The van der Waals surface area contributed by atoms with Crippen molar-refractivity contribution in [3.8, 4) is 0 Å². The molecule has 0 aliphatic heterocycles. The Hall–Kier alpha value is -1.38. The lowest BCUT2D eigenvalue weighted by Gasteiger charge is -2.12. The maximum absolute atomic E-state index is 11.2. The monoisotopic (exact) mass is 302 g/mol. The molecule has 0 saturated heterocycles. The normalized spacial score (nSPS) is 12.3. The number of hydrogen-bond donors (Lipinski definition) is 2. The second-order valence-corrected chi connectivity index (χ2v) is 5.22. The van der Waals surface area contributed by atoms with Gasteiger partial charge in [-0.3, -0.25) is 4.79 Å². The number of ether oxygens (including phenoxy) is 2. The number of aryl methyl sites for hydroxylation is 1. The van der Waals surface area contributed by atoms with Crippen LogP contribution in [-0.2, 0) is 14.3 Å². The SMILES string of the molecule is COCCOCCC(Sc1nc(=O)[nH]cc1C)C(=O)O. The van der Waals surface area contributed by atoms with Gasteiger partial charge in [-0.25, -0.2) is 4.79 Å². The highest BCUT2D eigenvalue weighted by molar-refractivity contribution is 8.00. The number of methoxy groups -OCH3 is 1. The largest absolute Gasteiger partial charge is 0.480 e. The lowest BCUT2D eigenvalue weighted by molar-refractivity contribution is -0.136. The van der Waals surface area contributed by atoms with Crippen molar-refractivity contribution in [2.24, 2.45) is 0 Å². The van der Waals surface area contributed by atoms with Gasteiger partial charge in [0, 0.05) is 19.9 Å². The summed E-state index contributed by atoms with van der Waals surface area (Å²) in [6, 6.07) is 0. The van der Waals surface area contributed by atoms with Crippen molar-refractivity contribution in [2.45, 2.75) is 23.6 Å². The highest BCUT2D eigenvalue weighted by Gasteiger charge is 2.20. The van der Waals surface area contributed by atoms with Crippen molar-refractivity contribution >= 4 is 17.7 Å². The summed E-state index contributed by atoms with van der Waals surface area (Å²) in [6.45, 7) is 2.98. The highest BCUT2D eigenvalue weighted by atomic mass is 32.2. The number of rotatable bonds is 9. The van der Waals surface area contributed by atoms with Crippen LogP contribution >= 0.6 is 11.8 Å². The summed E-state index contributed by atoms with van der Waals surface area (Å²) in [5.41, 5.74) is 0.250. The van der Waals surface area contributed by atoms with Crippen molar-refractivity contribution in [1.29, 1.82) is 0 Å². The van der Waals surface area contributed by atoms with Crippen LogP contribution in [0, 0.1) is 6.92 Å². The van der Waals surface area contributed by atoms with E-state index in [9.17, 15) is 14.7 Å². The number of nitrogens with one attached hydrogen (secondary N) is 1. The fraction of sp³-hybridized carbons (Fsp3) is 0.583. The number of H-pyrrole nitrogens is 1. The molecule has 1 unspecified atom stereocenters. The van der Waals surface area contributed by atoms with Crippen LogP contribution in [0.2, 0.25) is 0 Å². The predicted octanol–water partition coefficient (Wildman–Crippen LogP) is 0.677. The number of aromatic amines is 1. The molecular weight excluding hydrogens is 284 g/mol. The average molecular weight is 302 g/mol. The van der Waals surface area contributed by atoms with E-state index in [-0.39, 0.29) is 0 Å². The summed E-state index contributed by atoms with van der Waals surface area (Å²) in [6.07, 6.45) is 1.85. The molecule has 0 aliphatic rings. The van der Waals surface area contributed by atoms with Crippen molar-refractivity contribution in [3.63, 3.8) is 0 Å². The first kappa shape index (κ1) is 16.7. The van der Waals surface area contributed by atoms with Crippen LogP contribution in [0.15, 0.2) is 16.0 Å². The second-order valence-electron chi connectivity index (χ2n) is 4.03. The zero-order valence-electron chi connectivity index (χ0n) is 11.4.